The van der Waals surface area contributed by atoms with Gasteiger partial charge in [0.05, 0.1) is 10.5 Å². The van der Waals surface area contributed by atoms with E-state index in [4.69, 9.17) is 15.7 Å². The SMILES string of the molecule is C/C(N)=C(\C#N)C(=O)COC(=O)c1cc(S(=O)(=O)NC2CC2)ccc1Br. The van der Waals surface area contributed by atoms with Crippen molar-refractivity contribution >= 4 is 37.7 Å². The number of sulfonamides is 1. The molecule has 1 fully saturated rings. The normalized spacial score (nSPS) is 15.0. The zero-order valence-electron chi connectivity index (χ0n) is 13.8. The van der Waals surface area contributed by atoms with Crippen molar-refractivity contribution in [1.29, 1.82) is 5.26 Å². The van der Waals surface area contributed by atoms with Crippen molar-refractivity contribution in [3.05, 3.63) is 39.5 Å². The minimum Gasteiger partial charge on any atom is -0.454 e. The molecule has 0 atom stereocenters. The fraction of sp³-hybridized carbons (Fsp3) is 0.312. The summed E-state index contributed by atoms with van der Waals surface area (Å²) in [5.74, 6) is -1.64. The van der Waals surface area contributed by atoms with Gasteiger partial charge in [0.25, 0.3) is 0 Å². The number of esters is 1. The molecule has 0 spiro atoms. The molecule has 26 heavy (non-hydrogen) atoms. The molecular formula is C16H16BrN3O5S. The van der Waals surface area contributed by atoms with Gasteiger partial charge in [-0.25, -0.2) is 17.9 Å². The van der Waals surface area contributed by atoms with Gasteiger partial charge in [-0.3, -0.25) is 4.79 Å². The Kier molecular flexibility index (Phi) is 6.17. The number of allylic oxidation sites excluding steroid dienone is 1. The van der Waals surface area contributed by atoms with Crippen molar-refractivity contribution in [2.45, 2.75) is 30.7 Å². The fourth-order valence-corrected chi connectivity index (χ4v) is 3.71. The van der Waals surface area contributed by atoms with Crippen LogP contribution < -0.4 is 10.5 Å². The fourth-order valence-electron chi connectivity index (χ4n) is 1.97. The molecule has 10 heteroatoms. The van der Waals surface area contributed by atoms with Gasteiger partial charge in [0, 0.05) is 16.2 Å². The summed E-state index contributed by atoms with van der Waals surface area (Å²) in [5.41, 5.74) is 5.10. The van der Waals surface area contributed by atoms with Crippen LogP contribution in [0.2, 0.25) is 0 Å². The van der Waals surface area contributed by atoms with Crippen LogP contribution in [0, 0.1) is 11.3 Å². The number of nitriles is 1. The van der Waals surface area contributed by atoms with Crippen molar-refractivity contribution in [3.63, 3.8) is 0 Å². The van der Waals surface area contributed by atoms with Gasteiger partial charge in [0.1, 0.15) is 11.6 Å². The molecule has 0 aliphatic heterocycles. The molecule has 1 aliphatic rings. The molecule has 138 valence electrons. The Hall–Kier alpha value is -2.22. The highest BCUT2D eigenvalue weighted by atomic mass is 79.9. The highest BCUT2D eigenvalue weighted by Gasteiger charge is 2.29. The van der Waals surface area contributed by atoms with E-state index >= 15 is 0 Å². The van der Waals surface area contributed by atoms with Crippen LogP contribution >= 0.6 is 15.9 Å². The second kappa shape index (κ2) is 7.99. The number of halogens is 1. The number of benzene rings is 1. The molecule has 0 heterocycles. The average molecular weight is 442 g/mol. The van der Waals surface area contributed by atoms with Gasteiger partial charge in [-0.05, 0) is 53.9 Å². The maximum atomic E-state index is 12.2. The number of Topliss-reactive ketones (excluding diaryl/α,β-unsaturated/α-hetero) is 1. The lowest BCUT2D eigenvalue weighted by Crippen LogP contribution is -2.26. The Morgan fingerprint density at radius 3 is 2.62 bits per heavy atom. The molecule has 0 bridgehead atoms. The Morgan fingerprint density at radius 1 is 1.42 bits per heavy atom. The van der Waals surface area contributed by atoms with Crippen molar-refractivity contribution < 1.29 is 22.7 Å². The molecule has 1 aliphatic carbocycles. The lowest BCUT2D eigenvalue weighted by Gasteiger charge is -2.09. The lowest BCUT2D eigenvalue weighted by molar-refractivity contribution is -0.118. The van der Waals surface area contributed by atoms with Crippen LogP contribution in [0.1, 0.15) is 30.1 Å². The van der Waals surface area contributed by atoms with Crippen LogP contribution in [0.5, 0.6) is 0 Å². The molecule has 1 aromatic rings. The first-order valence-electron chi connectivity index (χ1n) is 7.54. The number of carbonyl (C=O) groups excluding carboxylic acids is 2. The molecule has 3 N–H and O–H groups in total. The number of nitrogens with two attached hydrogens (primary N) is 1. The van der Waals surface area contributed by atoms with Crippen LogP contribution in [0.4, 0.5) is 0 Å². The summed E-state index contributed by atoms with van der Waals surface area (Å²) in [4.78, 5) is 24.0. The van der Waals surface area contributed by atoms with E-state index in [1.54, 1.807) is 6.07 Å². The summed E-state index contributed by atoms with van der Waals surface area (Å²) in [7, 11) is -3.74. The molecule has 0 aromatic heterocycles. The third-order valence-electron chi connectivity index (χ3n) is 3.49. The Morgan fingerprint density at radius 2 is 2.08 bits per heavy atom. The Balaban J connectivity index is 2.16. The molecule has 1 saturated carbocycles. The summed E-state index contributed by atoms with van der Waals surface area (Å²) in [6, 6.07) is 5.49. The van der Waals surface area contributed by atoms with E-state index < -0.39 is 28.4 Å². The second-order valence-corrected chi connectivity index (χ2v) is 8.27. The average Bonchev–Trinajstić information content (AvgIpc) is 3.36. The largest absolute Gasteiger partial charge is 0.454 e. The Labute approximate surface area is 159 Å². The maximum absolute atomic E-state index is 12.2. The van der Waals surface area contributed by atoms with Gasteiger partial charge in [0.2, 0.25) is 15.8 Å². The van der Waals surface area contributed by atoms with Gasteiger partial charge >= 0.3 is 5.97 Å². The molecule has 0 saturated heterocycles. The minimum absolute atomic E-state index is 0.0222. The number of hydrogen-bond acceptors (Lipinski definition) is 7. The maximum Gasteiger partial charge on any atom is 0.339 e. The van der Waals surface area contributed by atoms with Crippen molar-refractivity contribution in [1.82, 2.24) is 4.72 Å². The second-order valence-electron chi connectivity index (χ2n) is 5.71. The molecule has 0 amide bonds. The molecular weight excluding hydrogens is 426 g/mol. The van der Waals surface area contributed by atoms with Crippen molar-refractivity contribution in [2.75, 3.05) is 6.61 Å². The third kappa shape index (κ3) is 4.91. The number of carbonyl (C=O) groups is 2. The Bertz CT molecular complexity index is 926. The number of rotatable bonds is 7. The van der Waals surface area contributed by atoms with Gasteiger partial charge in [-0.1, -0.05) is 0 Å². The summed E-state index contributed by atoms with van der Waals surface area (Å²) in [5, 5.41) is 8.87. The monoisotopic (exact) mass is 441 g/mol. The molecule has 2 rings (SSSR count). The molecule has 0 radical (unpaired) electrons. The molecule has 1 aromatic carbocycles. The van der Waals surface area contributed by atoms with Crippen LogP contribution in [0.3, 0.4) is 0 Å². The lowest BCUT2D eigenvalue weighted by atomic mass is 10.1. The predicted octanol–water partition coefficient (Wildman–Crippen LogP) is 1.37. The number of nitrogens with one attached hydrogen (secondary N) is 1. The van der Waals surface area contributed by atoms with Gasteiger partial charge in [0.15, 0.2) is 6.61 Å². The zero-order chi connectivity index (χ0) is 19.5. The highest BCUT2D eigenvalue weighted by Crippen LogP contribution is 2.25. The number of nitrogens with zero attached hydrogens (tertiary/aromatic N) is 1. The summed E-state index contributed by atoms with van der Waals surface area (Å²) in [6.07, 6.45) is 1.56. The van der Waals surface area contributed by atoms with Crippen LogP contribution in [-0.2, 0) is 19.6 Å². The first-order chi connectivity index (χ1) is 12.2. The first-order valence-corrected chi connectivity index (χ1v) is 9.82. The standard InChI is InChI=1S/C16H16BrN3O5S/c1-9(19)13(7-18)15(21)8-25-16(22)12-6-11(4-5-14(12)17)26(23,24)20-10-2-3-10/h4-6,10,20H,2-3,8,19H2,1H3/b13-9-. The van der Waals surface area contributed by atoms with Gasteiger partial charge < -0.3 is 10.5 Å². The van der Waals surface area contributed by atoms with E-state index in [0.717, 1.165) is 18.9 Å². The van der Waals surface area contributed by atoms with E-state index in [9.17, 15) is 18.0 Å². The molecule has 0 unspecified atom stereocenters. The number of ketones is 1. The zero-order valence-corrected chi connectivity index (χ0v) is 16.2. The van der Waals surface area contributed by atoms with E-state index in [2.05, 4.69) is 20.7 Å². The summed E-state index contributed by atoms with van der Waals surface area (Å²) >= 11 is 3.15. The van der Waals surface area contributed by atoms with E-state index in [1.165, 1.54) is 19.1 Å². The quantitative estimate of drug-likeness (QED) is 0.369. The third-order valence-corrected chi connectivity index (χ3v) is 5.70. The number of ether oxygens (including phenoxy) is 1. The van der Waals surface area contributed by atoms with Crippen molar-refractivity contribution in [3.8, 4) is 6.07 Å². The van der Waals surface area contributed by atoms with Crippen LogP contribution in [0.25, 0.3) is 0 Å². The summed E-state index contributed by atoms with van der Waals surface area (Å²) in [6.45, 7) is 0.704. The van der Waals surface area contributed by atoms with Crippen LogP contribution in [-0.4, -0.2) is 32.8 Å². The van der Waals surface area contributed by atoms with Gasteiger partial charge in [-0.2, -0.15) is 5.26 Å². The summed E-state index contributed by atoms with van der Waals surface area (Å²) < 4.78 is 32.2. The highest BCUT2D eigenvalue weighted by molar-refractivity contribution is 9.10. The smallest absolute Gasteiger partial charge is 0.339 e. The minimum atomic E-state index is -3.74. The van der Waals surface area contributed by atoms with Gasteiger partial charge in [-0.15, -0.1) is 0 Å². The first kappa shape index (κ1) is 20.1. The van der Waals surface area contributed by atoms with E-state index in [-0.39, 0.29) is 27.8 Å². The van der Waals surface area contributed by atoms with E-state index in [1.807, 2.05) is 0 Å². The molecule has 8 nitrogen and oxygen atoms in total. The van der Waals surface area contributed by atoms with E-state index in [0.29, 0.717) is 4.47 Å². The van der Waals surface area contributed by atoms with Crippen molar-refractivity contribution in [2.24, 2.45) is 5.73 Å². The topological polar surface area (TPSA) is 139 Å². The predicted molar refractivity (Wildman–Crippen MR) is 95.3 cm³/mol. The van der Waals surface area contributed by atoms with Crippen LogP contribution in [0.15, 0.2) is 38.8 Å². The number of hydrogen-bond donors (Lipinski definition) is 2.